The zero-order valence-electron chi connectivity index (χ0n) is 11.2. The molecule has 0 aromatic heterocycles. The Balaban J connectivity index is 0.00000147. The summed E-state index contributed by atoms with van der Waals surface area (Å²) in [5.74, 6) is 0.105. The van der Waals surface area contributed by atoms with Gasteiger partial charge in [0.25, 0.3) is 0 Å². The van der Waals surface area contributed by atoms with Gasteiger partial charge in [-0.2, -0.15) is 0 Å². The van der Waals surface area contributed by atoms with Crippen LogP contribution in [0.3, 0.4) is 0 Å². The van der Waals surface area contributed by atoms with Gasteiger partial charge in [0.1, 0.15) is 0 Å². The van der Waals surface area contributed by atoms with Crippen molar-refractivity contribution < 1.29 is 4.79 Å². The molecule has 3 heteroatoms. The molecule has 2 aromatic rings. The van der Waals surface area contributed by atoms with E-state index in [2.05, 4.69) is 23.5 Å². The molecule has 1 amide bonds. The van der Waals surface area contributed by atoms with Crippen molar-refractivity contribution in [2.24, 2.45) is 0 Å². The normalized spacial score (nSPS) is 16.1. The van der Waals surface area contributed by atoms with Gasteiger partial charge in [0.2, 0.25) is 5.91 Å². The number of carbonyl (C=O) groups is 1. The second-order valence-electron chi connectivity index (χ2n) is 5.02. The van der Waals surface area contributed by atoms with Gasteiger partial charge in [-0.1, -0.05) is 54.6 Å². The molecule has 1 N–H and O–H groups in total. The van der Waals surface area contributed by atoms with Crippen molar-refractivity contribution in [3.63, 3.8) is 0 Å². The number of hydrogen-bond acceptors (Lipinski definition) is 1. The topological polar surface area (TPSA) is 29.1 Å². The lowest BCUT2D eigenvalue weighted by Gasteiger charge is -2.14. The average Bonchev–Trinajstić information content (AvgIpc) is 2.83. The van der Waals surface area contributed by atoms with E-state index in [1.165, 1.54) is 11.1 Å². The van der Waals surface area contributed by atoms with Crippen LogP contribution in [-0.4, -0.2) is 5.91 Å². The van der Waals surface area contributed by atoms with E-state index < -0.39 is 0 Å². The number of rotatable bonds is 3. The second-order valence-corrected chi connectivity index (χ2v) is 5.02. The van der Waals surface area contributed by atoms with Crippen molar-refractivity contribution in [1.82, 2.24) is 5.32 Å². The SMILES string of the molecule is Cl.O=C(Cc1ccccc1)NC1CCc2ccccc21. The molecule has 0 bridgehead atoms. The van der Waals surface area contributed by atoms with Crippen LogP contribution in [0.15, 0.2) is 54.6 Å². The second kappa shape index (κ2) is 6.58. The number of fused-ring (bicyclic) bond motifs is 1. The fourth-order valence-electron chi connectivity index (χ4n) is 2.73. The van der Waals surface area contributed by atoms with Gasteiger partial charge in [0.15, 0.2) is 0 Å². The summed E-state index contributed by atoms with van der Waals surface area (Å²) < 4.78 is 0. The fraction of sp³-hybridized carbons (Fsp3) is 0.235. The predicted octanol–water partition coefficient (Wildman–Crippen LogP) is 3.45. The van der Waals surface area contributed by atoms with E-state index in [1.54, 1.807) is 0 Å². The number of hydrogen-bond donors (Lipinski definition) is 1. The van der Waals surface area contributed by atoms with Crippen LogP contribution in [0.4, 0.5) is 0 Å². The third-order valence-corrected chi connectivity index (χ3v) is 3.68. The summed E-state index contributed by atoms with van der Waals surface area (Å²) in [6.45, 7) is 0. The van der Waals surface area contributed by atoms with Crippen LogP contribution in [0.5, 0.6) is 0 Å². The molecular weight excluding hydrogens is 270 g/mol. The van der Waals surface area contributed by atoms with E-state index in [0.717, 1.165) is 18.4 Å². The maximum absolute atomic E-state index is 12.1. The maximum Gasteiger partial charge on any atom is 0.224 e. The molecule has 2 nitrogen and oxygen atoms in total. The monoisotopic (exact) mass is 287 g/mol. The Morgan fingerprint density at radius 2 is 1.75 bits per heavy atom. The van der Waals surface area contributed by atoms with Crippen LogP contribution >= 0.6 is 12.4 Å². The van der Waals surface area contributed by atoms with E-state index in [-0.39, 0.29) is 24.4 Å². The molecular formula is C17H18ClNO. The highest BCUT2D eigenvalue weighted by Crippen LogP contribution is 2.30. The molecule has 0 aliphatic heterocycles. The first-order valence-corrected chi connectivity index (χ1v) is 6.74. The highest BCUT2D eigenvalue weighted by molar-refractivity contribution is 5.85. The third-order valence-electron chi connectivity index (χ3n) is 3.68. The van der Waals surface area contributed by atoms with Gasteiger partial charge in [-0.25, -0.2) is 0 Å². The van der Waals surface area contributed by atoms with Crippen LogP contribution in [0.1, 0.15) is 29.2 Å². The van der Waals surface area contributed by atoms with Gasteiger partial charge in [0.05, 0.1) is 12.5 Å². The van der Waals surface area contributed by atoms with E-state index in [9.17, 15) is 4.79 Å². The summed E-state index contributed by atoms with van der Waals surface area (Å²) in [6.07, 6.45) is 2.53. The molecule has 0 saturated heterocycles. The third kappa shape index (κ3) is 3.20. The summed E-state index contributed by atoms with van der Waals surface area (Å²) in [7, 11) is 0. The first-order chi connectivity index (χ1) is 9.33. The Morgan fingerprint density at radius 1 is 1.05 bits per heavy atom. The molecule has 0 spiro atoms. The quantitative estimate of drug-likeness (QED) is 0.920. The summed E-state index contributed by atoms with van der Waals surface area (Å²) in [5, 5.41) is 3.14. The van der Waals surface area contributed by atoms with Crippen molar-refractivity contribution in [3.8, 4) is 0 Å². The molecule has 20 heavy (non-hydrogen) atoms. The van der Waals surface area contributed by atoms with E-state index in [4.69, 9.17) is 0 Å². The van der Waals surface area contributed by atoms with Crippen molar-refractivity contribution in [3.05, 3.63) is 71.3 Å². The van der Waals surface area contributed by atoms with E-state index >= 15 is 0 Å². The highest BCUT2D eigenvalue weighted by atomic mass is 35.5. The molecule has 0 saturated carbocycles. The minimum Gasteiger partial charge on any atom is -0.349 e. The molecule has 1 aliphatic rings. The lowest BCUT2D eigenvalue weighted by atomic mass is 10.1. The Kier molecular flexibility index (Phi) is 4.80. The summed E-state index contributed by atoms with van der Waals surface area (Å²) in [4.78, 5) is 12.1. The Labute approximate surface area is 125 Å². The average molecular weight is 288 g/mol. The molecule has 3 rings (SSSR count). The minimum atomic E-state index is 0. The number of aryl methyl sites for hydroxylation is 1. The first-order valence-electron chi connectivity index (χ1n) is 6.74. The Morgan fingerprint density at radius 3 is 2.55 bits per heavy atom. The number of benzene rings is 2. The Bertz CT molecular complexity index is 583. The molecule has 0 heterocycles. The zero-order chi connectivity index (χ0) is 13.1. The van der Waals surface area contributed by atoms with Crippen LogP contribution in [0, 0.1) is 0 Å². The van der Waals surface area contributed by atoms with Gasteiger partial charge in [-0.3, -0.25) is 4.79 Å². The molecule has 1 unspecified atom stereocenters. The molecule has 0 radical (unpaired) electrons. The maximum atomic E-state index is 12.1. The lowest BCUT2D eigenvalue weighted by Crippen LogP contribution is -2.28. The Hall–Kier alpha value is -1.80. The molecule has 104 valence electrons. The number of halogens is 1. The molecule has 1 aliphatic carbocycles. The van der Waals surface area contributed by atoms with Gasteiger partial charge in [-0.15, -0.1) is 12.4 Å². The van der Waals surface area contributed by atoms with Gasteiger partial charge >= 0.3 is 0 Å². The first kappa shape index (κ1) is 14.6. The number of nitrogens with one attached hydrogen (secondary N) is 1. The standard InChI is InChI=1S/C17H17NO.ClH/c19-17(12-13-6-2-1-3-7-13)18-16-11-10-14-8-4-5-9-15(14)16;/h1-9,16H,10-12H2,(H,18,19);1H. The summed E-state index contributed by atoms with van der Waals surface area (Å²) in [6, 6.07) is 18.4. The smallest absolute Gasteiger partial charge is 0.224 e. The predicted molar refractivity (Wildman–Crippen MR) is 83.0 cm³/mol. The van der Waals surface area contributed by atoms with Crippen LogP contribution in [0.25, 0.3) is 0 Å². The van der Waals surface area contributed by atoms with Crippen molar-refractivity contribution in [1.29, 1.82) is 0 Å². The number of carbonyl (C=O) groups excluding carboxylic acids is 1. The highest BCUT2D eigenvalue weighted by Gasteiger charge is 2.23. The van der Waals surface area contributed by atoms with Crippen molar-refractivity contribution >= 4 is 18.3 Å². The van der Waals surface area contributed by atoms with Gasteiger partial charge < -0.3 is 5.32 Å². The van der Waals surface area contributed by atoms with Crippen LogP contribution in [-0.2, 0) is 17.6 Å². The summed E-state index contributed by atoms with van der Waals surface area (Å²) >= 11 is 0. The fourth-order valence-corrected chi connectivity index (χ4v) is 2.73. The zero-order valence-corrected chi connectivity index (χ0v) is 12.0. The molecule has 1 atom stereocenters. The van der Waals surface area contributed by atoms with E-state index in [0.29, 0.717) is 6.42 Å². The van der Waals surface area contributed by atoms with Crippen LogP contribution in [0.2, 0.25) is 0 Å². The summed E-state index contributed by atoms with van der Waals surface area (Å²) in [5.41, 5.74) is 3.71. The van der Waals surface area contributed by atoms with E-state index in [1.807, 2.05) is 36.4 Å². The van der Waals surface area contributed by atoms with Gasteiger partial charge in [0, 0.05) is 0 Å². The molecule has 0 fully saturated rings. The minimum absolute atomic E-state index is 0. The number of amides is 1. The van der Waals surface area contributed by atoms with Crippen molar-refractivity contribution in [2.45, 2.75) is 25.3 Å². The molecule has 2 aromatic carbocycles. The van der Waals surface area contributed by atoms with Gasteiger partial charge in [-0.05, 0) is 29.5 Å². The lowest BCUT2D eigenvalue weighted by molar-refractivity contribution is -0.121. The van der Waals surface area contributed by atoms with Crippen molar-refractivity contribution in [2.75, 3.05) is 0 Å². The largest absolute Gasteiger partial charge is 0.349 e. The van der Waals surface area contributed by atoms with Crippen LogP contribution < -0.4 is 5.32 Å².